The molecule has 4 aromatic rings. The summed E-state index contributed by atoms with van der Waals surface area (Å²) >= 11 is 0. The lowest BCUT2D eigenvalue weighted by Gasteiger charge is -2.36. The summed E-state index contributed by atoms with van der Waals surface area (Å²) in [6.45, 7) is 0.588. The number of nitrogens with one attached hydrogen (secondary N) is 1. The second-order valence-electron chi connectivity index (χ2n) is 7.01. The largest absolute Gasteiger partial charge is 0.356 e. The summed E-state index contributed by atoms with van der Waals surface area (Å²) in [5.74, 6) is -0.463. The third-order valence-electron chi connectivity index (χ3n) is 5.39. The Balaban J connectivity index is 1.65. The molecule has 5 rings (SSSR count). The van der Waals surface area contributed by atoms with Crippen molar-refractivity contribution in [3.8, 4) is 0 Å². The minimum Gasteiger partial charge on any atom is -0.356 e. The molecule has 2 aromatic heterocycles. The lowest BCUT2D eigenvalue weighted by molar-refractivity contribution is 0.0691. The number of carbonyl (C=O) groups is 1. The van der Waals surface area contributed by atoms with Crippen molar-refractivity contribution in [2.75, 3.05) is 6.54 Å². The molecule has 0 saturated heterocycles. The summed E-state index contributed by atoms with van der Waals surface area (Å²) in [6.07, 6.45) is 4.30. The second-order valence-corrected chi connectivity index (χ2v) is 7.01. The van der Waals surface area contributed by atoms with Gasteiger partial charge in [-0.25, -0.2) is 4.39 Å². The number of halogens is 1. The zero-order valence-corrected chi connectivity index (χ0v) is 15.1. The Kier molecular flexibility index (Phi) is 3.93. The molecule has 28 heavy (non-hydrogen) atoms. The molecule has 3 heterocycles. The normalized spacial score (nSPS) is 16.2. The van der Waals surface area contributed by atoms with Crippen LogP contribution < -0.4 is 0 Å². The Morgan fingerprint density at radius 3 is 2.68 bits per heavy atom. The first-order valence-electron chi connectivity index (χ1n) is 9.28. The lowest BCUT2D eigenvalue weighted by atomic mass is 9.92. The van der Waals surface area contributed by atoms with E-state index in [0.717, 1.165) is 23.2 Å². The van der Waals surface area contributed by atoms with Crippen LogP contribution in [0.15, 0.2) is 73.1 Å². The number of aromatic amines is 1. The smallest absolute Gasteiger partial charge is 0.254 e. The number of nitrogens with zero attached hydrogens (tertiary/aromatic N) is 2. The first-order valence-corrected chi connectivity index (χ1v) is 9.28. The van der Waals surface area contributed by atoms with E-state index in [-0.39, 0.29) is 17.8 Å². The number of benzene rings is 2. The maximum atomic E-state index is 13.3. The van der Waals surface area contributed by atoms with E-state index >= 15 is 0 Å². The molecule has 0 spiro atoms. The number of rotatable bonds is 2. The van der Waals surface area contributed by atoms with Gasteiger partial charge in [-0.15, -0.1) is 0 Å². The third kappa shape index (κ3) is 2.67. The predicted molar refractivity (Wildman–Crippen MR) is 106 cm³/mol. The van der Waals surface area contributed by atoms with Crippen LogP contribution >= 0.6 is 0 Å². The molecule has 1 aliphatic rings. The minimum absolute atomic E-state index is 0.113. The number of para-hydroxylation sites is 1. The van der Waals surface area contributed by atoms with E-state index in [1.54, 1.807) is 24.5 Å². The molecule has 0 bridgehead atoms. The number of carbonyl (C=O) groups excluding carboxylic acids is 1. The zero-order valence-electron chi connectivity index (χ0n) is 15.1. The minimum atomic E-state index is -0.350. The van der Waals surface area contributed by atoms with Gasteiger partial charge in [-0.3, -0.25) is 9.78 Å². The maximum Gasteiger partial charge on any atom is 0.254 e. The van der Waals surface area contributed by atoms with Crippen LogP contribution in [0.3, 0.4) is 0 Å². The number of amides is 1. The topological polar surface area (TPSA) is 49.0 Å². The van der Waals surface area contributed by atoms with Crippen molar-refractivity contribution in [3.05, 3.63) is 101 Å². The highest BCUT2D eigenvalue weighted by Crippen LogP contribution is 2.38. The van der Waals surface area contributed by atoms with Crippen molar-refractivity contribution in [1.82, 2.24) is 14.9 Å². The van der Waals surface area contributed by atoms with Crippen molar-refractivity contribution in [2.45, 2.75) is 12.5 Å². The Labute approximate surface area is 161 Å². The van der Waals surface area contributed by atoms with Gasteiger partial charge in [-0.05, 0) is 53.9 Å². The molecule has 1 amide bonds. The van der Waals surface area contributed by atoms with Gasteiger partial charge >= 0.3 is 0 Å². The Morgan fingerprint density at radius 2 is 1.89 bits per heavy atom. The lowest BCUT2D eigenvalue weighted by Crippen LogP contribution is -2.40. The molecule has 0 saturated carbocycles. The van der Waals surface area contributed by atoms with Crippen LogP contribution in [0, 0.1) is 5.82 Å². The fourth-order valence-electron chi connectivity index (χ4n) is 4.10. The van der Waals surface area contributed by atoms with E-state index < -0.39 is 0 Å². The molecule has 1 atom stereocenters. The fraction of sp³-hybridized carbons (Fsp3) is 0.130. The highest BCUT2D eigenvalue weighted by molar-refractivity contribution is 5.95. The van der Waals surface area contributed by atoms with Gasteiger partial charge in [0.15, 0.2) is 0 Å². The molecule has 2 aromatic carbocycles. The molecular weight excluding hydrogens is 353 g/mol. The standard InChI is InChI=1S/C23H18FN3O/c24-17-9-7-15(8-10-17)23(28)27-13-11-19-18-5-1-2-6-20(18)26-21(19)22(27)16-4-3-12-25-14-16/h1-10,12,14,22,26H,11,13H2. The summed E-state index contributed by atoms with van der Waals surface area (Å²) in [4.78, 5) is 22.9. The van der Waals surface area contributed by atoms with Crippen LogP contribution in [0.25, 0.3) is 10.9 Å². The average molecular weight is 371 g/mol. The van der Waals surface area contributed by atoms with Crippen molar-refractivity contribution >= 4 is 16.8 Å². The Bertz CT molecular complexity index is 1150. The van der Waals surface area contributed by atoms with Gasteiger partial charge in [-0.2, -0.15) is 0 Å². The van der Waals surface area contributed by atoms with Crippen LogP contribution in [-0.4, -0.2) is 27.3 Å². The molecule has 138 valence electrons. The predicted octanol–water partition coefficient (Wildman–Crippen LogP) is 4.49. The SMILES string of the molecule is O=C(c1ccc(F)cc1)N1CCc2c([nH]c3ccccc23)C1c1cccnc1. The molecule has 0 fully saturated rings. The van der Waals surface area contributed by atoms with Gasteiger partial charge < -0.3 is 9.88 Å². The first kappa shape index (κ1) is 16.7. The second kappa shape index (κ2) is 6.60. The average Bonchev–Trinajstić information content (AvgIpc) is 3.12. The number of aromatic nitrogens is 2. The fourth-order valence-corrected chi connectivity index (χ4v) is 4.10. The molecule has 1 unspecified atom stereocenters. The zero-order chi connectivity index (χ0) is 19.1. The Morgan fingerprint density at radius 1 is 1.07 bits per heavy atom. The molecule has 5 heteroatoms. The molecule has 0 aliphatic carbocycles. The van der Waals surface area contributed by atoms with Gasteiger partial charge in [0.05, 0.1) is 6.04 Å². The number of fused-ring (bicyclic) bond motifs is 3. The Hall–Kier alpha value is -3.47. The molecule has 0 radical (unpaired) electrons. The highest BCUT2D eigenvalue weighted by Gasteiger charge is 2.35. The van der Waals surface area contributed by atoms with Crippen molar-refractivity contribution in [2.24, 2.45) is 0 Å². The summed E-state index contributed by atoms with van der Waals surface area (Å²) in [7, 11) is 0. The molecule has 4 nitrogen and oxygen atoms in total. The van der Waals surface area contributed by atoms with E-state index in [2.05, 4.69) is 22.1 Å². The van der Waals surface area contributed by atoms with Crippen LogP contribution in [0.5, 0.6) is 0 Å². The summed E-state index contributed by atoms with van der Waals surface area (Å²) < 4.78 is 13.3. The van der Waals surface area contributed by atoms with Gasteiger partial charge in [0.2, 0.25) is 0 Å². The molecular formula is C23H18FN3O. The van der Waals surface area contributed by atoms with Crippen LogP contribution in [0.1, 0.15) is 33.2 Å². The number of H-pyrrole nitrogens is 1. The summed E-state index contributed by atoms with van der Waals surface area (Å²) in [5.41, 5.74) is 4.77. The quantitative estimate of drug-likeness (QED) is 0.564. The number of hydrogen-bond acceptors (Lipinski definition) is 2. The molecule has 1 aliphatic heterocycles. The van der Waals surface area contributed by atoms with Crippen LogP contribution in [0.2, 0.25) is 0 Å². The van der Waals surface area contributed by atoms with Gasteiger partial charge in [0.1, 0.15) is 5.82 Å². The van der Waals surface area contributed by atoms with Crippen molar-refractivity contribution in [3.63, 3.8) is 0 Å². The van der Waals surface area contributed by atoms with Crippen molar-refractivity contribution < 1.29 is 9.18 Å². The number of hydrogen-bond donors (Lipinski definition) is 1. The highest BCUT2D eigenvalue weighted by atomic mass is 19.1. The van der Waals surface area contributed by atoms with Crippen LogP contribution in [-0.2, 0) is 6.42 Å². The van der Waals surface area contributed by atoms with Crippen LogP contribution in [0.4, 0.5) is 4.39 Å². The number of pyridine rings is 1. The summed E-state index contributed by atoms with van der Waals surface area (Å²) in [5, 5.41) is 1.19. The van der Waals surface area contributed by atoms with E-state index in [1.165, 1.54) is 23.1 Å². The monoisotopic (exact) mass is 371 g/mol. The maximum absolute atomic E-state index is 13.3. The van der Waals surface area contributed by atoms with E-state index in [0.29, 0.717) is 12.1 Å². The van der Waals surface area contributed by atoms with Gasteiger partial charge in [-0.1, -0.05) is 24.3 Å². The van der Waals surface area contributed by atoms with E-state index in [4.69, 9.17) is 0 Å². The van der Waals surface area contributed by atoms with Gasteiger partial charge in [0.25, 0.3) is 5.91 Å². The third-order valence-corrected chi connectivity index (χ3v) is 5.39. The first-order chi connectivity index (χ1) is 13.7. The molecule has 1 N–H and O–H groups in total. The van der Waals surface area contributed by atoms with Gasteiger partial charge in [0, 0.05) is 41.1 Å². The van der Waals surface area contributed by atoms with E-state index in [1.807, 2.05) is 29.2 Å². The van der Waals surface area contributed by atoms with E-state index in [9.17, 15) is 9.18 Å². The van der Waals surface area contributed by atoms with Crippen molar-refractivity contribution in [1.29, 1.82) is 0 Å². The summed E-state index contributed by atoms with van der Waals surface area (Å²) in [6, 6.07) is 17.5.